The fourth-order valence-electron chi connectivity index (χ4n) is 2.06. The number of carbonyl (C=O) groups excluding carboxylic acids is 1. The molecule has 18 heavy (non-hydrogen) atoms. The lowest BCUT2D eigenvalue weighted by Crippen LogP contribution is -2.31. The maximum absolute atomic E-state index is 11.7. The molecule has 1 unspecified atom stereocenters. The molecular formula is C13H18Cl2N2O. The Morgan fingerprint density at radius 2 is 2.22 bits per heavy atom. The number of hydrogen-bond donors (Lipinski definition) is 2. The molecule has 1 heterocycles. The number of benzene rings is 1. The van der Waals surface area contributed by atoms with Gasteiger partial charge in [0.05, 0.1) is 0 Å². The van der Waals surface area contributed by atoms with Crippen LogP contribution in [-0.4, -0.2) is 18.5 Å². The summed E-state index contributed by atoms with van der Waals surface area (Å²) in [6, 6.07) is 7.92. The van der Waals surface area contributed by atoms with Crippen molar-refractivity contribution >= 4 is 29.9 Å². The number of amides is 1. The quantitative estimate of drug-likeness (QED) is 0.894. The Morgan fingerprint density at radius 3 is 2.89 bits per heavy atom. The molecule has 1 aliphatic rings. The largest absolute Gasteiger partial charge is 0.352 e. The molecule has 0 saturated carbocycles. The molecule has 0 spiro atoms. The Bertz CT molecular complexity index is 392. The van der Waals surface area contributed by atoms with Crippen LogP contribution in [0.3, 0.4) is 0 Å². The van der Waals surface area contributed by atoms with Crippen molar-refractivity contribution in [2.45, 2.75) is 31.8 Å². The zero-order valence-electron chi connectivity index (χ0n) is 10.1. The highest BCUT2D eigenvalue weighted by molar-refractivity contribution is 6.31. The second-order valence-corrected chi connectivity index (χ2v) is 4.77. The average Bonchev–Trinajstić information content (AvgIpc) is 2.81. The molecule has 3 nitrogen and oxygen atoms in total. The molecule has 2 N–H and O–H groups in total. The molecule has 1 aliphatic heterocycles. The van der Waals surface area contributed by atoms with Gasteiger partial charge in [0.1, 0.15) is 0 Å². The van der Waals surface area contributed by atoms with E-state index in [9.17, 15) is 4.79 Å². The van der Waals surface area contributed by atoms with Gasteiger partial charge in [-0.3, -0.25) is 4.79 Å². The Hall–Kier alpha value is -0.770. The first kappa shape index (κ1) is 15.3. The predicted octanol–water partition coefficient (Wildman–Crippen LogP) is 2.52. The van der Waals surface area contributed by atoms with Crippen molar-refractivity contribution in [2.24, 2.45) is 0 Å². The van der Waals surface area contributed by atoms with Gasteiger partial charge < -0.3 is 10.6 Å². The summed E-state index contributed by atoms with van der Waals surface area (Å²) in [4.78, 5) is 11.7. The van der Waals surface area contributed by atoms with E-state index in [0.29, 0.717) is 24.0 Å². The van der Waals surface area contributed by atoms with Gasteiger partial charge in [-0.05, 0) is 31.0 Å². The lowest BCUT2D eigenvalue weighted by Gasteiger charge is -2.11. The fraction of sp³-hybridized carbons (Fsp3) is 0.462. The molecule has 1 aromatic rings. The first-order valence-electron chi connectivity index (χ1n) is 5.99. The summed E-state index contributed by atoms with van der Waals surface area (Å²) in [7, 11) is 0. The average molecular weight is 289 g/mol. The first-order valence-corrected chi connectivity index (χ1v) is 6.37. The molecule has 0 aliphatic carbocycles. The summed E-state index contributed by atoms with van der Waals surface area (Å²) in [6.45, 7) is 1.54. The van der Waals surface area contributed by atoms with E-state index < -0.39 is 0 Å². The summed E-state index contributed by atoms with van der Waals surface area (Å²) >= 11 is 6.01. The molecule has 100 valence electrons. The van der Waals surface area contributed by atoms with Gasteiger partial charge in [-0.25, -0.2) is 0 Å². The van der Waals surface area contributed by atoms with Crippen molar-refractivity contribution in [3.8, 4) is 0 Å². The third-order valence-electron chi connectivity index (χ3n) is 3.03. The minimum Gasteiger partial charge on any atom is -0.352 e. The van der Waals surface area contributed by atoms with E-state index in [1.165, 1.54) is 6.42 Å². The summed E-state index contributed by atoms with van der Waals surface area (Å²) in [6.07, 6.45) is 2.83. The maximum atomic E-state index is 11.7. The SMILES string of the molecule is Cl.O=C(CC1CCCN1)NCc1ccccc1Cl. The Balaban J connectivity index is 0.00000162. The number of rotatable bonds is 4. The highest BCUT2D eigenvalue weighted by Crippen LogP contribution is 2.14. The van der Waals surface area contributed by atoms with Gasteiger partial charge in [-0.2, -0.15) is 0 Å². The van der Waals surface area contributed by atoms with Crippen LogP contribution < -0.4 is 10.6 Å². The molecule has 1 amide bonds. The third kappa shape index (κ3) is 4.48. The second-order valence-electron chi connectivity index (χ2n) is 4.37. The molecule has 0 bridgehead atoms. The molecule has 1 fully saturated rings. The van der Waals surface area contributed by atoms with Gasteiger partial charge in [0, 0.05) is 24.0 Å². The van der Waals surface area contributed by atoms with Crippen LogP contribution in [0.4, 0.5) is 0 Å². The molecule has 1 saturated heterocycles. The van der Waals surface area contributed by atoms with Crippen LogP contribution in [0.15, 0.2) is 24.3 Å². The van der Waals surface area contributed by atoms with E-state index in [1.807, 2.05) is 24.3 Å². The molecule has 0 radical (unpaired) electrons. The number of halogens is 2. The van der Waals surface area contributed by atoms with Gasteiger partial charge in [0.2, 0.25) is 5.91 Å². The minimum atomic E-state index is 0. The summed E-state index contributed by atoms with van der Waals surface area (Å²) < 4.78 is 0. The number of hydrogen-bond acceptors (Lipinski definition) is 2. The smallest absolute Gasteiger partial charge is 0.221 e. The molecule has 0 aromatic heterocycles. The monoisotopic (exact) mass is 288 g/mol. The lowest BCUT2D eigenvalue weighted by atomic mass is 10.1. The van der Waals surface area contributed by atoms with Crippen LogP contribution >= 0.6 is 24.0 Å². The Kier molecular flexibility index (Phi) is 6.47. The number of nitrogens with one attached hydrogen (secondary N) is 2. The highest BCUT2D eigenvalue weighted by atomic mass is 35.5. The van der Waals surface area contributed by atoms with Gasteiger partial charge in [-0.1, -0.05) is 29.8 Å². The normalized spacial score (nSPS) is 18.2. The molecule has 5 heteroatoms. The van der Waals surface area contributed by atoms with Gasteiger partial charge in [-0.15, -0.1) is 12.4 Å². The highest BCUT2D eigenvalue weighted by Gasteiger charge is 2.17. The molecule has 1 atom stereocenters. The predicted molar refractivity (Wildman–Crippen MR) is 76.2 cm³/mol. The first-order chi connectivity index (χ1) is 8.25. The van der Waals surface area contributed by atoms with Crippen LogP contribution in [0.2, 0.25) is 5.02 Å². The van der Waals surface area contributed by atoms with Gasteiger partial charge in [0.25, 0.3) is 0 Å². The number of carbonyl (C=O) groups is 1. The van der Waals surface area contributed by atoms with Gasteiger partial charge >= 0.3 is 0 Å². The third-order valence-corrected chi connectivity index (χ3v) is 3.40. The summed E-state index contributed by atoms with van der Waals surface area (Å²) in [5.74, 6) is 0.0873. The zero-order valence-corrected chi connectivity index (χ0v) is 11.7. The van der Waals surface area contributed by atoms with Crippen LogP contribution in [0.1, 0.15) is 24.8 Å². The molecular weight excluding hydrogens is 271 g/mol. The minimum absolute atomic E-state index is 0. The molecule has 1 aromatic carbocycles. The van der Waals surface area contributed by atoms with Crippen molar-refractivity contribution in [1.82, 2.24) is 10.6 Å². The van der Waals surface area contributed by atoms with Crippen LogP contribution in [-0.2, 0) is 11.3 Å². The van der Waals surface area contributed by atoms with E-state index in [4.69, 9.17) is 11.6 Å². The molecule has 2 rings (SSSR count). The van der Waals surface area contributed by atoms with Crippen molar-refractivity contribution in [2.75, 3.05) is 6.54 Å². The van der Waals surface area contributed by atoms with Crippen molar-refractivity contribution in [3.63, 3.8) is 0 Å². The summed E-state index contributed by atoms with van der Waals surface area (Å²) in [5.41, 5.74) is 0.960. The van der Waals surface area contributed by atoms with E-state index >= 15 is 0 Å². The van der Waals surface area contributed by atoms with Crippen molar-refractivity contribution in [1.29, 1.82) is 0 Å². The zero-order chi connectivity index (χ0) is 12.1. The van der Waals surface area contributed by atoms with Crippen molar-refractivity contribution < 1.29 is 4.79 Å². The van der Waals surface area contributed by atoms with Crippen LogP contribution in [0, 0.1) is 0 Å². The fourth-order valence-corrected chi connectivity index (χ4v) is 2.27. The van der Waals surface area contributed by atoms with E-state index in [1.54, 1.807) is 0 Å². The van der Waals surface area contributed by atoms with Crippen LogP contribution in [0.5, 0.6) is 0 Å². The Labute approximate surface area is 119 Å². The van der Waals surface area contributed by atoms with E-state index in [0.717, 1.165) is 18.5 Å². The maximum Gasteiger partial charge on any atom is 0.221 e. The lowest BCUT2D eigenvalue weighted by molar-refractivity contribution is -0.121. The summed E-state index contributed by atoms with van der Waals surface area (Å²) in [5, 5.41) is 6.91. The second kappa shape index (κ2) is 7.62. The topological polar surface area (TPSA) is 41.1 Å². The van der Waals surface area contributed by atoms with Crippen LogP contribution in [0.25, 0.3) is 0 Å². The Morgan fingerprint density at radius 1 is 1.44 bits per heavy atom. The van der Waals surface area contributed by atoms with E-state index in [2.05, 4.69) is 10.6 Å². The standard InChI is InChI=1S/C13H17ClN2O.ClH/c14-12-6-2-1-4-10(12)9-16-13(17)8-11-5-3-7-15-11;/h1-2,4,6,11,15H,3,5,7-9H2,(H,16,17);1H. The van der Waals surface area contributed by atoms with E-state index in [-0.39, 0.29) is 18.3 Å². The van der Waals surface area contributed by atoms with Crippen molar-refractivity contribution in [3.05, 3.63) is 34.9 Å². The van der Waals surface area contributed by atoms with Gasteiger partial charge in [0.15, 0.2) is 0 Å².